The fourth-order valence-corrected chi connectivity index (χ4v) is 2.31. The molecular weight excluding hydrogens is 346 g/mol. The van der Waals surface area contributed by atoms with Gasteiger partial charge in [0.15, 0.2) is 0 Å². The molecule has 0 unspecified atom stereocenters. The molecule has 0 aliphatic rings. The minimum Gasteiger partial charge on any atom is -0.258 e. The molecule has 0 saturated heterocycles. The molecule has 3 nitrogen and oxygen atoms in total. The third-order valence-electron chi connectivity index (χ3n) is 1.54. The summed E-state index contributed by atoms with van der Waals surface area (Å²) in [6, 6.07) is 1.85. The van der Waals surface area contributed by atoms with Crippen LogP contribution in [-0.2, 0) is 6.18 Å². The van der Waals surface area contributed by atoms with Crippen LogP contribution in [0.2, 0.25) is 0 Å². The van der Waals surface area contributed by atoms with Gasteiger partial charge in [0.25, 0.3) is 5.69 Å². The van der Waals surface area contributed by atoms with E-state index in [4.69, 9.17) is 0 Å². The van der Waals surface area contributed by atoms with Crippen molar-refractivity contribution in [3.05, 3.63) is 31.4 Å². The van der Waals surface area contributed by atoms with Crippen LogP contribution in [0.5, 0.6) is 0 Å². The zero-order chi connectivity index (χ0) is 11.8. The standard InChI is InChI=1S/C7H3F3INO2S/c8-7(9,10)4-1-3(15)2-5(11)6(4)12(13)14/h1-2,15H. The first-order chi connectivity index (χ1) is 6.73. The molecule has 0 bridgehead atoms. The molecule has 0 N–H and O–H groups in total. The maximum atomic E-state index is 12.4. The molecule has 1 rings (SSSR count). The molecule has 8 heteroatoms. The average Bonchev–Trinajstić information content (AvgIpc) is 1.99. The van der Waals surface area contributed by atoms with Gasteiger partial charge in [-0.1, -0.05) is 0 Å². The monoisotopic (exact) mass is 349 g/mol. The van der Waals surface area contributed by atoms with Gasteiger partial charge in [0.05, 0.1) is 8.49 Å². The normalized spacial score (nSPS) is 11.5. The molecule has 82 valence electrons. The lowest BCUT2D eigenvalue weighted by atomic mass is 10.2. The summed E-state index contributed by atoms with van der Waals surface area (Å²) >= 11 is 5.22. The fraction of sp³-hybridized carbons (Fsp3) is 0.143. The van der Waals surface area contributed by atoms with E-state index in [9.17, 15) is 23.3 Å². The molecule has 0 aromatic heterocycles. The molecule has 0 radical (unpaired) electrons. The van der Waals surface area contributed by atoms with Crippen LogP contribution in [0.4, 0.5) is 18.9 Å². The van der Waals surface area contributed by atoms with Gasteiger partial charge >= 0.3 is 6.18 Å². The predicted molar refractivity (Wildman–Crippen MR) is 58.1 cm³/mol. The van der Waals surface area contributed by atoms with Gasteiger partial charge in [-0.25, -0.2) is 0 Å². The molecule has 0 heterocycles. The number of hydrogen-bond donors (Lipinski definition) is 1. The van der Waals surface area contributed by atoms with Crippen molar-refractivity contribution in [3.8, 4) is 0 Å². The molecule has 1 aromatic rings. The summed E-state index contributed by atoms with van der Waals surface area (Å²) in [4.78, 5) is 9.47. The third-order valence-corrected chi connectivity index (χ3v) is 2.62. The van der Waals surface area contributed by atoms with Gasteiger partial charge < -0.3 is 0 Å². The van der Waals surface area contributed by atoms with Gasteiger partial charge in [0.1, 0.15) is 5.56 Å². The Morgan fingerprint density at radius 3 is 2.33 bits per heavy atom. The second-order valence-corrected chi connectivity index (χ2v) is 4.26. The summed E-state index contributed by atoms with van der Waals surface area (Å²) in [5, 5.41) is 10.5. The molecule has 1 aromatic carbocycles. The van der Waals surface area contributed by atoms with Gasteiger partial charge in [-0.15, -0.1) is 12.6 Å². The SMILES string of the molecule is O=[N+]([O-])c1c(I)cc(S)cc1C(F)(F)F. The largest absolute Gasteiger partial charge is 0.423 e. The van der Waals surface area contributed by atoms with Crippen LogP contribution in [0.1, 0.15) is 5.56 Å². The highest BCUT2D eigenvalue weighted by Gasteiger charge is 2.39. The van der Waals surface area contributed by atoms with Gasteiger partial charge in [0, 0.05) is 4.90 Å². The molecule has 0 aliphatic carbocycles. The zero-order valence-electron chi connectivity index (χ0n) is 6.88. The third kappa shape index (κ3) is 2.74. The van der Waals surface area contributed by atoms with Crippen molar-refractivity contribution in [2.24, 2.45) is 0 Å². The number of thiol groups is 1. The smallest absolute Gasteiger partial charge is 0.258 e. The Bertz CT molecular complexity index is 421. The zero-order valence-corrected chi connectivity index (χ0v) is 9.93. The second kappa shape index (κ2) is 4.16. The van der Waals surface area contributed by atoms with Gasteiger partial charge in [-0.05, 0) is 34.7 Å². The van der Waals surface area contributed by atoms with Crippen LogP contribution < -0.4 is 0 Å². The number of rotatable bonds is 1. The van der Waals surface area contributed by atoms with Crippen LogP contribution >= 0.6 is 35.2 Å². The Labute approximate surface area is 101 Å². The Morgan fingerprint density at radius 2 is 1.93 bits per heavy atom. The lowest BCUT2D eigenvalue weighted by Crippen LogP contribution is -2.10. The number of hydrogen-bond acceptors (Lipinski definition) is 3. The van der Waals surface area contributed by atoms with Crippen molar-refractivity contribution < 1.29 is 18.1 Å². The van der Waals surface area contributed by atoms with Crippen molar-refractivity contribution in [1.82, 2.24) is 0 Å². The fourth-order valence-electron chi connectivity index (χ4n) is 0.986. The van der Waals surface area contributed by atoms with Gasteiger partial charge in [-0.2, -0.15) is 13.2 Å². The molecule has 15 heavy (non-hydrogen) atoms. The lowest BCUT2D eigenvalue weighted by Gasteiger charge is -2.09. The summed E-state index contributed by atoms with van der Waals surface area (Å²) in [5.74, 6) is 0. The minimum atomic E-state index is -4.75. The quantitative estimate of drug-likeness (QED) is 0.365. The van der Waals surface area contributed by atoms with Crippen LogP contribution in [0.15, 0.2) is 17.0 Å². The first kappa shape index (κ1) is 12.6. The van der Waals surface area contributed by atoms with Crippen LogP contribution in [0, 0.1) is 13.7 Å². The van der Waals surface area contributed by atoms with E-state index in [1.165, 1.54) is 28.7 Å². The first-order valence-corrected chi connectivity index (χ1v) is 5.00. The first-order valence-electron chi connectivity index (χ1n) is 3.47. The Hall–Kier alpha value is -0.510. The molecule has 0 spiro atoms. The molecule has 0 aliphatic heterocycles. The highest BCUT2D eigenvalue weighted by molar-refractivity contribution is 14.1. The van der Waals surface area contributed by atoms with E-state index < -0.39 is 22.4 Å². The predicted octanol–water partition coefficient (Wildman–Crippen LogP) is 3.51. The topological polar surface area (TPSA) is 43.1 Å². The van der Waals surface area contributed by atoms with Crippen LogP contribution in [0.25, 0.3) is 0 Å². The van der Waals surface area contributed by atoms with E-state index >= 15 is 0 Å². The Balaban J connectivity index is 3.54. The Kier molecular flexibility index (Phi) is 3.48. The highest BCUT2D eigenvalue weighted by Crippen LogP contribution is 2.39. The van der Waals surface area contributed by atoms with Crippen LogP contribution in [0.3, 0.4) is 0 Å². The number of nitro groups is 1. The lowest BCUT2D eigenvalue weighted by molar-refractivity contribution is -0.389. The summed E-state index contributed by atoms with van der Waals surface area (Å²) in [7, 11) is 0. The maximum Gasteiger partial charge on any atom is 0.423 e. The molecule has 0 fully saturated rings. The van der Waals surface area contributed by atoms with E-state index in [1.807, 2.05) is 0 Å². The van der Waals surface area contributed by atoms with E-state index in [-0.39, 0.29) is 8.47 Å². The summed E-state index contributed by atoms with van der Waals surface area (Å²) in [6.45, 7) is 0. The van der Waals surface area contributed by atoms with Crippen molar-refractivity contribution in [3.63, 3.8) is 0 Å². The van der Waals surface area contributed by atoms with Crippen molar-refractivity contribution in [2.45, 2.75) is 11.1 Å². The molecule has 0 amide bonds. The van der Waals surface area contributed by atoms with E-state index in [2.05, 4.69) is 12.6 Å². The van der Waals surface area contributed by atoms with E-state index in [1.54, 1.807) is 0 Å². The van der Waals surface area contributed by atoms with Crippen LogP contribution in [-0.4, -0.2) is 4.92 Å². The van der Waals surface area contributed by atoms with Gasteiger partial charge in [0.2, 0.25) is 0 Å². The maximum absolute atomic E-state index is 12.4. The highest BCUT2D eigenvalue weighted by atomic mass is 127. The number of nitro benzene ring substituents is 1. The van der Waals surface area contributed by atoms with E-state index in [0.29, 0.717) is 6.07 Å². The van der Waals surface area contributed by atoms with E-state index in [0.717, 1.165) is 0 Å². The number of nitrogens with zero attached hydrogens (tertiary/aromatic N) is 1. The molecule has 0 saturated carbocycles. The summed E-state index contributed by atoms with van der Waals surface area (Å²) < 4.78 is 37.2. The molecule has 0 atom stereocenters. The molecular formula is C7H3F3INO2S. The van der Waals surface area contributed by atoms with Crippen molar-refractivity contribution >= 4 is 40.9 Å². The van der Waals surface area contributed by atoms with Crippen molar-refractivity contribution in [1.29, 1.82) is 0 Å². The van der Waals surface area contributed by atoms with Crippen molar-refractivity contribution in [2.75, 3.05) is 0 Å². The summed E-state index contributed by atoms with van der Waals surface area (Å²) in [6.07, 6.45) is -4.75. The number of halogens is 4. The minimum absolute atomic E-state index is 0.0392. The van der Waals surface area contributed by atoms with Gasteiger partial charge in [-0.3, -0.25) is 10.1 Å². The average molecular weight is 349 g/mol. The number of benzene rings is 1. The number of alkyl halides is 3. The second-order valence-electron chi connectivity index (χ2n) is 2.58. The Morgan fingerprint density at radius 1 is 1.40 bits per heavy atom. The summed E-state index contributed by atoms with van der Waals surface area (Å²) in [5.41, 5.74) is -2.20.